The van der Waals surface area contributed by atoms with Crippen LogP contribution >= 0.6 is 24.0 Å². The average molecular weight is 455 g/mol. The minimum absolute atomic E-state index is 0. The van der Waals surface area contributed by atoms with Crippen LogP contribution in [-0.4, -0.2) is 24.7 Å². The van der Waals surface area contributed by atoms with Crippen LogP contribution in [0.5, 0.6) is 11.5 Å². The molecule has 0 radical (unpaired) electrons. The molecule has 2 aromatic rings. The van der Waals surface area contributed by atoms with Crippen LogP contribution in [0.25, 0.3) is 0 Å². The number of phenols is 1. The Balaban J connectivity index is 0.00000312. The van der Waals surface area contributed by atoms with E-state index < -0.39 is 0 Å². The van der Waals surface area contributed by atoms with Crippen molar-refractivity contribution in [3.8, 4) is 11.5 Å². The van der Waals surface area contributed by atoms with Crippen LogP contribution in [0.15, 0.2) is 47.5 Å². The van der Waals surface area contributed by atoms with Gasteiger partial charge in [-0.15, -0.1) is 24.0 Å². The summed E-state index contributed by atoms with van der Waals surface area (Å²) in [6, 6.07) is 13.7. The molecule has 0 saturated carbocycles. The summed E-state index contributed by atoms with van der Waals surface area (Å²) in [6.07, 6.45) is 0. The van der Waals surface area contributed by atoms with E-state index >= 15 is 0 Å². The fraction of sp³-hybridized carbons (Fsp3) is 0.316. The summed E-state index contributed by atoms with van der Waals surface area (Å²) in [5.74, 6) is 1.33. The first-order chi connectivity index (χ1) is 11.6. The fourth-order valence-corrected chi connectivity index (χ4v) is 2.38. The van der Waals surface area contributed by atoms with E-state index in [0.717, 1.165) is 17.7 Å². The molecule has 0 aromatic heterocycles. The van der Waals surface area contributed by atoms with Crippen LogP contribution in [-0.2, 0) is 13.1 Å². The van der Waals surface area contributed by atoms with Crippen LogP contribution in [0.3, 0.4) is 0 Å². The molecule has 3 N–H and O–H groups in total. The molecule has 6 heteroatoms. The quantitative estimate of drug-likeness (QED) is 0.354. The minimum Gasteiger partial charge on any atom is -0.504 e. The van der Waals surface area contributed by atoms with Crippen molar-refractivity contribution in [2.24, 2.45) is 4.99 Å². The van der Waals surface area contributed by atoms with E-state index in [2.05, 4.69) is 40.7 Å². The zero-order valence-electron chi connectivity index (χ0n) is 14.9. The fourth-order valence-electron chi connectivity index (χ4n) is 2.38. The van der Waals surface area contributed by atoms with E-state index in [1.54, 1.807) is 13.2 Å². The molecule has 0 amide bonds. The largest absolute Gasteiger partial charge is 0.504 e. The number of hydrogen-bond donors (Lipinski definition) is 3. The van der Waals surface area contributed by atoms with Gasteiger partial charge in [0.15, 0.2) is 17.5 Å². The Morgan fingerprint density at radius 2 is 1.92 bits per heavy atom. The Bertz CT molecular complexity index is 705. The van der Waals surface area contributed by atoms with Gasteiger partial charge in [0.05, 0.1) is 13.7 Å². The second kappa shape index (κ2) is 10.8. The number of phenolic OH excluding ortho intramolecular Hbond substituents is 1. The number of aliphatic imine (C=N–C) groups is 1. The molecule has 0 unspecified atom stereocenters. The van der Waals surface area contributed by atoms with Crippen molar-refractivity contribution in [2.75, 3.05) is 13.7 Å². The van der Waals surface area contributed by atoms with Gasteiger partial charge in [0, 0.05) is 18.7 Å². The van der Waals surface area contributed by atoms with E-state index in [-0.39, 0.29) is 29.7 Å². The van der Waals surface area contributed by atoms with Crippen LogP contribution in [0, 0.1) is 6.92 Å². The van der Waals surface area contributed by atoms with Gasteiger partial charge in [0.2, 0.25) is 0 Å². The summed E-state index contributed by atoms with van der Waals surface area (Å²) in [5.41, 5.74) is 3.15. The van der Waals surface area contributed by atoms with E-state index in [4.69, 9.17) is 4.74 Å². The van der Waals surface area contributed by atoms with Crippen LogP contribution in [0.4, 0.5) is 0 Å². The highest BCUT2D eigenvalue weighted by atomic mass is 127. The van der Waals surface area contributed by atoms with Gasteiger partial charge >= 0.3 is 0 Å². The lowest BCUT2D eigenvalue weighted by atomic mass is 10.1. The number of aryl methyl sites for hydroxylation is 1. The molecular weight excluding hydrogens is 429 g/mol. The number of nitrogens with zero attached hydrogens (tertiary/aromatic N) is 1. The summed E-state index contributed by atoms with van der Waals surface area (Å²) < 4.78 is 5.13. The molecule has 0 spiro atoms. The van der Waals surface area contributed by atoms with Crippen molar-refractivity contribution in [3.05, 3.63) is 59.2 Å². The van der Waals surface area contributed by atoms with Crippen molar-refractivity contribution in [2.45, 2.75) is 26.9 Å². The number of rotatable bonds is 6. The Kier molecular flexibility index (Phi) is 9.12. The number of hydrogen-bond acceptors (Lipinski definition) is 3. The maximum Gasteiger partial charge on any atom is 0.191 e. The van der Waals surface area contributed by atoms with Gasteiger partial charge in [0.25, 0.3) is 0 Å². The van der Waals surface area contributed by atoms with Crippen molar-refractivity contribution in [1.29, 1.82) is 0 Å². The van der Waals surface area contributed by atoms with Gasteiger partial charge in [-0.05, 0) is 25.5 Å². The average Bonchev–Trinajstić information content (AvgIpc) is 2.58. The molecule has 0 aliphatic heterocycles. The highest BCUT2D eigenvalue weighted by Crippen LogP contribution is 2.29. The number of benzene rings is 2. The maximum atomic E-state index is 10.1. The summed E-state index contributed by atoms with van der Waals surface area (Å²) >= 11 is 0. The van der Waals surface area contributed by atoms with Crippen molar-refractivity contribution in [1.82, 2.24) is 10.6 Å². The second-order valence-corrected chi connectivity index (χ2v) is 5.51. The van der Waals surface area contributed by atoms with E-state index in [9.17, 15) is 5.11 Å². The number of nitrogens with one attached hydrogen (secondary N) is 2. The van der Waals surface area contributed by atoms with E-state index in [0.29, 0.717) is 24.8 Å². The van der Waals surface area contributed by atoms with Gasteiger partial charge in [-0.2, -0.15) is 0 Å². The van der Waals surface area contributed by atoms with Gasteiger partial charge in [-0.25, -0.2) is 4.99 Å². The maximum absolute atomic E-state index is 10.1. The first kappa shape index (κ1) is 21.1. The third kappa shape index (κ3) is 6.45. The molecule has 0 saturated heterocycles. The van der Waals surface area contributed by atoms with E-state index in [1.165, 1.54) is 5.56 Å². The summed E-state index contributed by atoms with van der Waals surface area (Å²) in [6.45, 7) is 5.92. The lowest BCUT2D eigenvalue weighted by Crippen LogP contribution is -2.36. The lowest BCUT2D eigenvalue weighted by Gasteiger charge is -2.13. The molecular formula is C19H26IN3O2. The first-order valence-corrected chi connectivity index (χ1v) is 8.06. The predicted molar refractivity (Wildman–Crippen MR) is 113 cm³/mol. The van der Waals surface area contributed by atoms with Crippen LogP contribution in [0.1, 0.15) is 23.6 Å². The number of guanidine groups is 1. The number of ether oxygens (including phenoxy) is 1. The van der Waals surface area contributed by atoms with Crippen LogP contribution < -0.4 is 15.4 Å². The van der Waals surface area contributed by atoms with Gasteiger partial charge in [0.1, 0.15) is 0 Å². The molecule has 136 valence electrons. The van der Waals surface area contributed by atoms with Crippen molar-refractivity contribution < 1.29 is 9.84 Å². The zero-order chi connectivity index (χ0) is 17.4. The SMILES string of the molecule is CCNC(=NCc1cccc(C)c1)NCc1cccc(OC)c1O.I. The Morgan fingerprint density at radius 1 is 1.16 bits per heavy atom. The highest BCUT2D eigenvalue weighted by molar-refractivity contribution is 14.0. The molecule has 2 rings (SSSR count). The summed E-state index contributed by atoms with van der Waals surface area (Å²) in [4.78, 5) is 4.59. The molecule has 5 nitrogen and oxygen atoms in total. The molecule has 25 heavy (non-hydrogen) atoms. The Hall–Kier alpha value is -1.96. The minimum atomic E-state index is 0. The zero-order valence-corrected chi connectivity index (χ0v) is 17.2. The summed E-state index contributed by atoms with van der Waals surface area (Å²) in [7, 11) is 1.54. The summed E-state index contributed by atoms with van der Waals surface area (Å²) in [5, 5.41) is 16.6. The predicted octanol–water partition coefficient (Wildman–Crippen LogP) is 3.58. The smallest absolute Gasteiger partial charge is 0.191 e. The first-order valence-electron chi connectivity index (χ1n) is 8.06. The monoisotopic (exact) mass is 455 g/mol. The molecule has 2 aromatic carbocycles. The lowest BCUT2D eigenvalue weighted by molar-refractivity contribution is 0.370. The highest BCUT2D eigenvalue weighted by Gasteiger charge is 2.07. The third-order valence-electron chi connectivity index (χ3n) is 3.60. The normalized spacial score (nSPS) is 10.8. The Morgan fingerprint density at radius 3 is 2.60 bits per heavy atom. The number of para-hydroxylation sites is 1. The third-order valence-corrected chi connectivity index (χ3v) is 3.60. The molecule has 0 fully saturated rings. The molecule has 0 atom stereocenters. The number of methoxy groups -OCH3 is 1. The number of halogens is 1. The Labute approximate surface area is 166 Å². The van der Waals surface area contributed by atoms with Gasteiger partial charge in [-0.1, -0.05) is 42.0 Å². The molecule has 0 aliphatic rings. The standard InChI is InChI=1S/C19H25N3O2.HI/c1-4-20-19(21-12-15-8-5-7-14(2)11-15)22-13-16-9-6-10-17(24-3)18(16)23;/h5-11,23H,4,12-13H2,1-3H3,(H2,20,21,22);1H. The molecule has 0 aliphatic carbocycles. The number of aromatic hydroxyl groups is 1. The van der Waals surface area contributed by atoms with Crippen molar-refractivity contribution in [3.63, 3.8) is 0 Å². The topological polar surface area (TPSA) is 65.9 Å². The van der Waals surface area contributed by atoms with Crippen molar-refractivity contribution >= 4 is 29.9 Å². The van der Waals surface area contributed by atoms with E-state index in [1.807, 2.05) is 25.1 Å². The van der Waals surface area contributed by atoms with Gasteiger partial charge in [-0.3, -0.25) is 0 Å². The second-order valence-electron chi connectivity index (χ2n) is 5.51. The van der Waals surface area contributed by atoms with Crippen LogP contribution in [0.2, 0.25) is 0 Å². The molecule has 0 heterocycles. The van der Waals surface area contributed by atoms with Gasteiger partial charge < -0.3 is 20.5 Å². The molecule has 0 bridgehead atoms.